The average molecular weight is 302 g/mol. The lowest BCUT2D eigenvalue weighted by atomic mass is 10.0. The van der Waals surface area contributed by atoms with Gasteiger partial charge in [0.05, 0.1) is 12.3 Å². The van der Waals surface area contributed by atoms with Gasteiger partial charge in [0.2, 0.25) is 0 Å². The fraction of sp³-hybridized carbons (Fsp3) is 0.273. The summed E-state index contributed by atoms with van der Waals surface area (Å²) >= 11 is 9.29. The van der Waals surface area contributed by atoms with Crippen LogP contribution in [0.15, 0.2) is 22.9 Å². The summed E-state index contributed by atoms with van der Waals surface area (Å²) in [4.78, 5) is 8.36. The zero-order chi connectivity index (χ0) is 11.7. The highest BCUT2D eigenvalue weighted by molar-refractivity contribution is 9.10. The molecule has 0 bridgehead atoms. The van der Waals surface area contributed by atoms with Crippen molar-refractivity contribution in [2.75, 3.05) is 6.61 Å². The first-order valence-corrected chi connectivity index (χ1v) is 6.01. The summed E-state index contributed by atoms with van der Waals surface area (Å²) < 4.78 is 0.876. The van der Waals surface area contributed by atoms with Crippen molar-refractivity contribution in [1.82, 2.24) is 9.97 Å². The number of nitrogens with zero attached hydrogens (tertiary/aromatic N) is 2. The van der Waals surface area contributed by atoms with Gasteiger partial charge in [-0.25, -0.2) is 4.98 Å². The van der Waals surface area contributed by atoms with Crippen molar-refractivity contribution < 1.29 is 5.11 Å². The molecule has 0 saturated heterocycles. The molecule has 2 rings (SSSR count). The van der Waals surface area contributed by atoms with Gasteiger partial charge in [-0.15, -0.1) is 0 Å². The summed E-state index contributed by atoms with van der Waals surface area (Å²) in [7, 11) is 0. The molecule has 3 nitrogen and oxygen atoms in total. The molecule has 0 fully saturated rings. The van der Waals surface area contributed by atoms with Crippen LogP contribution in [-0.4, -0.2) is 21.7 Å². The zero-order valence-electron chi connectivity index (χ0n) is 8.61. The van der Waals surface area contributed by atoms with Crippen molar-refractivity contribution in [3.8, 4) is 0 Å². The second-order valence-electron chi connectivity index (χ2n) is 3.63. The van der Waals surface area contributed by atoms with E-state index in [9.17, 15) is 5.11 Å². The predicted octanol–water partition coefficient (Wildman–Crippen LogP) is 3.14. The molecule has 16 heavy (non-hydrogen) atoms. The maximum atomic E-state index is 9.19. The van der Waals surface area contributed by atoms with Crippen molar-refractivity contribution in [2.45, 2.75) is 12.8 Å². The minimum atomic E-state index is -0.0194. The van der Waals surface area contributed by atoms with E-state index in [4.69, 9.17) is 11.6 Å². The zero-order valence-corrected chi connectivity index (χ0v) is 11.0. The summed E-state index contributed by atoms with van der Waals surface area (Å²) in [5.74, 6) is -0.0194. The second-order valence-corrected chi connectivity index (χ2v) is 4.87. The third-order valence-electron chi connectivity index (χ3n) is 2.46. The van der Waals surface area contributed by atoms with Gasteiger partial charge in [-0.1, -0.05) is 18.5 Å². The summed E-state index contributed by atoms with van der Waals surface area (Å²) in [6.45, 7) is 1.98. The maximum absolute atomic E-state index is 9.19. The van der Waals surface area contributed by atoms with Gasteiger partial charge in [-0.05, 0) is 22.0 Å². The molecule has 0 aliphatic rings. The van der Waals surface area contributed by atoms with Gasteiger partial charge in [-0.3, -0.25) is 4.98 Å². The number of aliphatic hydroxyl groups is 1. The van der Waals surface area contributed by atoms with Crippen LogP contribution in [0, 0.1) is 0 Å². The van der Waals surface area contributed by atoms with Gasteiger partial charge in [0.15, 0.2) is 0 Å². The maximum Gasteiger partial charge on any atom is 0.129 e. The van der Waals surface area contributed by atoms with Crippen molar-refractivity contribution in [3.63, 3.8) is 0 Å². The Hall–Kier alpha value is -0.710. The molecular formula is C11H10BrClN2O. The van der Waals surface area contributed by atoms with Crippen molar-refractivity contribution >= 4 is 38.3 Å². The SMILES string of the molecule is CC(CO)c1ncc(Br)c2cnc(Cl)cc12. The van der Waals surface area contributed by atoms with Crippen LogP contribution in [0.25, 0.3) is 10.8 Å². The fourth-order valence-corrected chi connectivity index (χ4v) is 2.15. The third-order valence-corrected chi connectivity index (χ3v) is 3.30. The lowest BCUT2D eigenvalue weighted by molar-refractivity contribution is 0.272. The van der Waals surface area contributed by atoms with E-state index in [0.29, 0.717) is 5.15 Å². The van der Waals surface area contributed by atoms with Crippen LogP contribution in [0.2, 0.25) is 5.15 Å². The Bertz CT molecular complexity index is 533. The lowest BCUT2D eigenvalue weighted by Gasteiger charge is -2.11. The molecule has 0 saturated carbocycles. The number of pyridine rings is 2. The summed E-state index contributed by atoms with van der Waals surface area (Å²) in [5.41, 5.74) is 0.838. The van der Waals surface area contributed by atoms with Crippen LogP contribution in [0.3, 0.4) is 0 Å². The van der Waals surface area contributed by atoms with Crippen molar-refractivity contribution in [1.29, 1.82) is 0 Å². The molecule has 1 unspecified atom stereocenters. The van der Waals surface area contributed by atoms with Gasteiger partial charge in [0.1, 0.15) is 5.15 Å². The van der Waals surface area contributed by atoms with E-state index in [1.54, 1.807) is 18.5 Å². The van der Waals surface area contributed by atoms with E-state index in [2.05, 4.69) is 25.9 Å². The molecule has 0 aliphatic carbocycles. The van der Waals surface area contributed by atoms with Crippen LogP contribution in [-0.2, 0) is 0 Å². The molecule has 0 amide bonds. The molecule has 5 heteroatoms. The van der Waals surface area contributed by atoms with E-state index in [1.165, 1.54) is 0 Å². The van der Waals surface area contributed by atoms with Gasteiger partial charge in [-0.2, -0.15) is 0 Å². The van der Waals surface area contributed by atoms with Gasteiger partial charge in [0, 0.05) is 33.6 Å². The standard InChI is InChI=1S/C11H10BrClN2O/c1-6(5-16)11-7-2-10(13)14-3-8(7)9(12)4-15-11/h2-4,6,16H,5H2,1H3. The minimum Gasteiger partial charge on any atom is -0.396 e. The third kappa shape index (κ3) is 2.05. The minimum absolute atomic E-state index is 0.0194. The highest BCUT2D eigenvalue weighted by atomic mass is 79.9. The summed E-state index contributed by atoms with van der Waals surface area (Å²) in [5, 5.41) is 11.5. The van der Waals surface area contributed by atoms with Gasteiger partial charge >= 0.3 is 0 Å². The van der Waals surface area contributed by atoms with E-state index in [-0.39, 0.29) is 12.5 Å². The van der Waals surface area contributed by atoms with Crippen molar-refractivity contribution in [3.05, 3.63) is 33.8 Å². The molecule has 2 aromatic heterocycles. The van der Waals surface area contributed by atoms with E-state index < -0.39 is 0 Å². The normalized spacial score (nSPS) is 13.0. The Kier molecular flexibility index (Phi) is 3.42. The van der Waals surface area contributed by atoms with Gasteiger partial charge < -0.3 is 5.11 Å². The number of hydrogen-bond donors (Lipinski definition) is 1. The first-order chi connectivity index (χ1) is 7.63. The Morgan fingerprint density at radius 1 is 1.38 bits per heavy atom. The number of hydrogen-bond acceptors (Lipinski definition) is 3. The van der Waals surface area contributed by atoms with Crippen LogP contribution >= 0.6 is 27.5 Å². The lowest BCUT2D eigenvalue weighted by Crippen LogP contribution is -2.03. The molecule has 0 radical (unpaired) electrons. The monoisotopic (exact) mass is 300 g/mol. The number of halogens is 2. The Labute approximate surface area is 107 Å². The fourth-order valence-electron chi connectivity index (χ4n) is 1.58. The largest absolute Gasteiger partial charge is 0.396 e. The van der Waals surface area contributed by atoms with E-state index >= 15 is 0 Å². The smallest absolute Gasteiger partial charge is 0.129 e. The van der Waals surface area contributed by atoms with Gasteiger partial charge in [0.25, 0.3) is 0 Å². The molecule has 84 valence electrons. The average Bonchev–Trinajstić information content (AvgIpc) is 2.28. The second kappa shape index (κ2) is 4.65. The highest BCUT2D eigenvalue weighted by Crippen LogP contribution is 2.29. The summed E-state index contributed by atoms with van der Waals surface area (Å²) in [6, 6.07) is 1.77. The summed E-state index contributed by atoms with van der Waals surface area (Å²) in [6.07, 6.45) is 3.43. The Morgan fingerprint density at radius 2 is 2.12 bits per heavy atom. The van der Waals surface area contributed by atoms with Crippen molar-refractivity contribution in [2.24, 2.45) is 0 Å². The predicted molar refractivity (Wildman–Crippen MR) is 67.7 cm³/mol. The molecule has 1 N–H and O–H groups in total. The first-order valence-electron chi connectivity index (χ1n) is 4.84. The number of aromatic nitrogens is 2. The Balaban J connectivity index is 2.75. The van der Waals surface area contributed by atoms with E-state index in [1.807, 2.05) is 6.92 Å². The quantitative estimate of drug-likeness (QED) is 0.867. The first kappa shape index (κ1) is 11.8. The van der Waals surface area contributed by atoms with Crippen LogP contribution in [0.5, 0.6) is 0 Å². The van der Waals surface area contributed by atoms with Crippen LogP contribution < -0.4 is 0 Å². The number of fused-ring (bicyclic) bond motifs is 1. The van der Waals surface area contributed by atoms with Crippen LogP contribution in [0.1, 0.15) is 18.5 Å². The topological polar surface area (TPSA) is 46.0 Å². The Morgan fingerprint density at radius 3 is 2.81 bits per heavy atom. The number of aliphatic hydroxyl groups excluding tert-OH is 1. The number of rotatable bonds is 2. The molecule has 1 atom stereocenters. The van der Waals surface area contributed by atoms with E-state index in [0.717, 1.165) is 20.9 Å². The highest BCUT2D eigenvalue weighted by Gasteiger charge is 2.12. The molecule has 0 spiro atoms. The molecule has 0 aromatic carbocycles. The molecule has 2 aromatic rings. The molecular weight excluding hydrogens is 291 g/mol. The molecule has 2 heterocycles. The molecule has 0 aliphatic heterocycles. The van der Waals surface area contributed by atoms with Crippen LogP contribution in [0.4, 0.5) is 0 Å².